The number of ether oxygens (including phenoxy) is 1. The average molecular weight is 264 g/mol. The molecule has 0 N–H and O–H groups in total. The van der Waals surface area contributed by atoms with Crippen LogP contribution in [0.1, 0.15) is 12.5 Å². The van der Waals surface area contributed by atoms with Gasteiger partial charge in [-0.15, -0.1) is 0 Å². The number of aromatic nitrogens is 2. The Morgan fingerprint density at radius 1 is 1.58 bits per heavy atom. The second-order valence-electron chi connectivity index (χ2n) is 4.91. The summed E-state index contributed by atoms with van der Waals surface area (Å²) in [5.74, 6) is 1.50. The summed E-state index contributed by atoms with van der Waals surface area (Å²) in [5.41, 5.74) is 0.852. The molecule has 1 aromatic rings. The highest BCUT2D eigenvalue weighted by Gasteiger charge is 2.20. The molecule has 0 saturated carbocycles. The molecular formula is C13H20N4O2. The Kier molecular flexibility index (Phi) is 4.31. The number of nitrogens with zero attached hydrogens (tertiary/aromatic N) is 4. The van der Waals surface area contributed by atoms with Crippen LogP contribution in [0.25, 0.3) is 0 Å². The molecule has 0 aliphatic carbocycles. The normalized spacial score (nSPS) is 19.3. The molecule has 0 spiro atoms. The molecule has 1 aromatic heterocycles. The van der Waals surface area contributed by atoms with E-state index in [0.29, 0.717) is 19.0 Å². The first-order valence-corrected chi connectivity index (χ1v) is 6.45. The lowest BCUT2D eigenvalue weighted by molar-refractivity contribution is -0.107. The van der Waals surface area contributed by atoms with E-state index in [1.54, 1.807) is 6.20 Å². The van der Waals surface area contributed by atoms with E-state index in [-0.39, 0.29) is 6.10 Å². The molecule has 1 aliphatic heterocycles. The van der Waals surface area contributed by atoms with Crippen molar-refractivity contribution in [2.75, 3.05) is 43.6 Å². The first kappa shape index (κ1) is 13.7. The zero-order valence-corrected chi connectivity index (χ0v) is 11.7. The second-order valence-corrected chi connectivity index (χ2v) is 4.91. The number of hydrogen-bond acceptors (Lipinski definition) is 6. The second kappa shape index (κ2) is 5.97. The van der Waals surface area contributed by atoms with Gasteiger partial charge in [0.25, 0.3) is 0 Å². The monoisotopic (exact) mass is 264 g/mol. The van der Waals surface area contributed by atoms with Crippen LogP contribution in [0.3, 0.4) is 0 Å². The number of anilines is 2. The fourth-order valence-electron chi connectivity index (χ4n) is 2.16. The standard InChI is InChI=1S/C13H20N4O2/c1-10-9-17(5-7-19-10)13-14-8-11(4-6-18)12(15-13)16(2)3/h6,8,10H,4-5,7,9H2,1-3H3. The van der Waals surface area contributed by atoms with E-state index in [1.165, 1.54) is 0 Å². The lowest BCUT2D eigenvalue weighted by atomic mass is 10.2. The third-order valence-corrected chi connectivity index (χ3v) is 3.08. The Labute approximate surface area is 113 Å². The third kappa shape index (κ3) is 3.20. The Balaban J connectivity index is 2.26. The van der Waals surface area contributed by atoms with Gasteiger partial charge in [-0.2, -0.15) is 4.98 Å². The third-order valence-electron chi connectivity index (χ3n) is 3.08. The van der Waals surface area contributed by atoms with Crippen LogP contribution in [-0.4, -0.2) is 56.1 Å². The van der Waals surface area contributed by atoms with E-state index in [9.17, 15) is 4.79 Å². The van der Waals surface area contributed by atoms with Crippen molar-refractivity contribution >= 4 is 18.1 Å². The molecule has 2 heterocycles. The van der Waals surface area contributed by atoms with Crippen molar-refractivity contribution in [2.24, 2.45) is 0 Å². The molecule has 0 bridgehead atoms. The summed E-state index contributed by atoms with van der Waals surface area (Å²) >= 11 is 0. The maximum atomic E-state index is 10.7. The first-order chi connectivity index (χ1) is 9.11. The van der Waals surface area contributed by atoms with E-state index in [1.807, 2.05) is 25.9 Å². The molecule has 104 valence electrons. The lowest BCUT2D eigenvalue weighted by Crippen LogP contribution is -2.42. The van der Waals surface area contributed by atoms with Gasteiger partial charge in [-0.1, -0.05) is 0 Å². The Bertz CT molecular complexity index is 450. The van der Waals surface area contributed by atoms with E-state index in [0.717, 1.165) is 30.8 Å². The molecule has 1 atom stereocenters. The van der Waals surface area contributed by atoms with Crippen molar-refractivity contribution in [3.63, 3.8) is 0 Å². The maximum Gasteiger partial charge on any atom is 0.227 e. The van der Waals surface area contributed by atoms with E-state index in [2.05, 4.69) is 14.9 Å². The van der Waals surface area contributed by atoms with Crippen LogP contribution < -0.4 is 9.80 Å². The van der Waals surface area contributed by atoms with Crippen molar-refractivity contribution in [1.29, 1.82) is 0 Å². The minimum absolute atomic E-state index is 0.190. The van der Waals surface area contributed by atoms with Crippen LogP contribution >= 0.6 is 0 Å². The first-order valence-electron chi connectivity index (χ1n) is 6.45. The Hall–Kier alpha value is -1.69. The number of morpholine rings is 1. The highest BCUT2D eigenvalue weighted by atomic mass is 16.5. The SMILES string of the molecule is CC1CN(c2ncc(CC=O)c(N(C)C)n2)CCO1. The van der Waals surface area contributed by atoms with Crippen LogP contribution in [0.15, 0.2) is 6.20 Å². The van der Waals surface area contributed by atoms with Gasteiger partial charge in [0.2, 0.25) is 5.95 Å². The molecule has 6 heteroatoms. The smallest absolute Gasteiger partial charge is 0.227 e. The molecule has 0 radical (unpaired) electrons. The number of carbonyl (C=O) groups is 1. The fraction of sp³-hybridized carbons (Fsp3) is 0.615. The average Bonchev–Trinajstić information content (AvgIpc) is 2.39. The van der Waals surface area contributed by atoms with Crippen LogP contribution in [-0.2, 0) is 16.0 Å². The highest BCUT2D eigenvalue weighted by molar-refractivity contribution is 5.61. The lowest BCUT2D eigenvalue weighted by Gasteiger charge is -2.31. The van der Waals surface area contributed by atoms with Gasteiger partial charge < -0.3 is 19.3 Å². The van der Waals surface area contributed by atoms with Crippen molar-refractivity contribution < 1.29 is 9.53 Å². The summed E-state index contributed by atoms with van der Waals surface area (Å²) in [6.45, 7) is 4.32. The van der Waals surface area contributed by atoms with Gasteiger partial charge in [0.05, 0.1) is 12.7 Å². The van der Waals surface area contributed by atoms with Crippen molar-refractivity contribution in [2.45, 2.75) is 19.4 Å². The van der Waals surface area contributed by atoms with Gasteiger partial charge in [0.15, 0.2) is 0 Å². The molecular weight excluding hydrogens is 244 g/mol. The van der Waals surface area contributed by atoms with E-state index >= 15 is 0 Å². The predicted molar refractivity (Wildman–Crippen MR) is 73.8 cm³/mol. The van der Waals surface area contributed by atoms with Crippen molar-refractivity contribution in [1.82, 2.24) is 9.97 Å². The molecule has 1 fully saturated rings. The summed E-state index contributed by atoms with van der Waals surface area (Å²) in [6.07, 6.45) is 3.15. The van der Waals surface area contributed by atoms with E-state index < -0.39 is 0 Å². The summed E-state index contributed by atoms with van der Waals surface area (Å²) < 4.78 is 5.52. The van der Waals surface area contributed by atoms with Crippen LogP contribution in [0.5, 0.6) is 0 Å². The summed E-state index contributed by atoms with van der Waals surface area (Å²) in [4.78, 5) is 23.7. The zero-order chi connectivity index (χ0) is 13.8. The van der Waals surface area contributed by atoms with Crippen LogP contribution in [0.2, 0.25) is 0 Å². The van der Waals surface area contributed by atoms with E-state index in [4.69, 9.17) is 4.74 Å². The maximum absolute atomic E-state index is 10.7. The number of hydrogen-bond donors (Lipinski definition) is 0. The predicted octanol–water partition coefficient (Wildman–Crippen LogP) is 0.509. The molecule has 2 rings (SSSR count). The number of rotatable bonds is 4. The van der Waals surface area contributed by atoms with Crippen molar-refractivity contribution in [3.05, 3.63) is 11.8 Å². The summed E-state index contributed by atoms with van der Waals surface area (Å²) in [7, 11) is 3.84. The zero-order valence-electron chi connectivity index (χ0n) is 11.7. The van der Waals surface area contributed by atoms with Gasteiger partial charge in [-0.3, -0.25) is 0 Å². The molecule has 0 aromatic carbocycles. The van der Waals surface area contributed by atoms with Crippen LogP contribution in [0, 0.1) is 0 Å². The minimum atomic E-state index is 0.190. The van der Waals surface area contributed by atoms with Gasteiger partial charge >= 0.3 is 0 Å². The molecule has 1 unspecified atom stereocenters. The van der Waals surface area contributed by atoms with Gasteiger partial charge in [-0.05, 0) is 6.92 Å². The van der Waals surface area contributed by atoms with Gasteiger partial charge in [0.1, 0.15) is 12.1 Å². The minimum Gasteiger partial charge on any atom is -0.375 e. The van der Waals surface area contributed by atoms with Crippen molar-refractivity contribution in [3.8, 4) is 0 Å². The molecule has 6 nitrogen and oxygen atoms in total. The highest BCUT2D eigenvalue weighted by Crippen LogP contribution is 2.20. The summed E-state index contributed by atoms with van der Waals surface area (Å²) in [5, 5.41) is 0. The quantitative estimate of drug-likeness (QED) is 0.739. The summed E-state index contributed by atoms with van der Waals surface area (Å²) in [6, 6.07) is 0. The fourth-order valence-corrected chi connectivity index (χ4v) is 2.16. The Morgan fingerprint density at radius 2 is 2.37 bits per heavy atom. The molecule has 1 saturated heterocycles. The number of carbonyl (C=O) groups excluding carboxylic acids is 1. The van der Waals surface area contributed by atoms with Crippen LogP contribution in [0.4, 0.5) is 11.8 Å². The molecule has 0 amide bonds. The molecule has 19 heavy (non-hydrogen) atoms. The van der Waals surface area contributed by atoms with Gasteiger partial charge in [-0.25, -0.2) is 4.98 Å². The largest absolute Gasteiger partial charge is 0.375 e. The van der Waals surface area contributed by atoms with Gasteiger partial charge in [0, 0.05) is 45.4 Å². The number of aldehydes is 1. The molecule has 1 aliphatic rings. The Morgan fingerprint density at radius 3 is 3.00 bits per heavy atom. The topological polar surface area (TPSA) is 58.6 Å².